The van der Waals surface area contributed by atoms with Gasteiger partial charge < -0.3 is 9.63 Å². The third kappa shape index (κ3) is 2.78. The predicted molar refractivity (Wildman–Crippen MR) is 65.5 cm³/mol. The van der Waals surface area contributed by atoms with Crippen molar-refractivity contribution in [1.29, 1.82) is 0 Å². The maximum absolute atomic E-state index is 12.0. The van der Waals surface area contributed by atoms with E-state index in [0.717, 1.165) is 0 Å². The Bertz CT molecular complexity index is 630. The molecule has 0 unspecified atom stereocenters. The highest BCUT2D eigenvalue weighted by atomic mass is 32.2. The predicted octanol–water partition coefficient (Wildman–Crippen LogP) is 1.02. The molecule has 8 heteroatoms. The Morgan fingerprint density at radius 1 is 1.56 bits per heavy atom. The SMILES string of the molecule is Cc1cc(CNS(=O)(=O)c2ccsc2CO)no1. The number of hydrogen-bond donors (Lipinski definition) is 2. The summed E-state index contributed by atoms with van der Waals surface area (Å²) in [5.74, 6) is 0.621. The molecule has 0 bridgehead atoms. The van der Waals surface area contributed by atoms with Gasteiger partial charge in [-0.2, -0.15) is 0 Å². The Morgan fingerprint density at radius 3 is 2.94 bits per heavy atom. The Labute approximate surface area is 108 Å². The molecule has 0 aliphatic rings. The molecule has 18 heavy (non-hydrogen) atoms. The molecule has 2 heterocycles. The molecule has 0 saturated heterocycles. The quantitative estimate of drug-likeness (QED) is 0.856. The zero-order valence-corrected chi connectivity index (χ0v) is 11.2. The topological polar surface area (TPSA) is 92.4 Å². The average Bonchev–Trinajstić information content (AvgIpc) is 2.95. The minimum Gasteiger partial charge on any atom is -0.391 e. The van der Waals surface area contributed by atoms with Crippen LogP contribution < -0.4 is 4.72 Å². The molecule has 0 saturated carbocycles. The van der Waals surface area contributed by atoms with Gasteiger partial charge in [0.05, 0.1) is 23.7 Å². The molecule has 0 amide bonds. The van der Waals surface area contributed by atoms with Gasteiger partial charge in [0.25, 0.3) is 0 Å². The minimum absolute atomic E-state index is 0.0559. The van der Waals surface area contributed by atoms with Crippen molar-refractivity contribution in [2.45, 2.75) is 25.0 Å². The van der Waals surface area contributed by atoms with Gasteiger partial charge in [-0.05, 0) is 18.4 Å². The summed E-state index contributed by atoms with van der Waals surface area (Å²) in [4.78, 5) is 0.522. The van der Waals surface area contributed by atoms with Crippen molar-refractivity contribution in [1.82, 2.24) is 9.88 Å². The van der Waals surface area contributed by atoms with Crippen LogP contribution in [0, 0.1) is 6.92 Å². The van der Waals surface area contributed by atoms with Gasteiger partial charge in [0.1, 0.15) is 5.76 Å². The van der Waals surface area contributed by atoms with E-state index in [1.807, 2.05) is 0 Å². The Morgan fingerprint density at radius 2 is 2.33 bits per heavy atom. The van der Waals surface area contributed by atoms with Crippen LogP contribution in [0.2, 0.25) is 0 Å². The van der Waals surface area contributed by atoms with E-state index >= 15 is 0 Å². The molecule has 2 aromatic heterocycles. The van der Waals surface area contributed by atoms with Crippen molar-refractivity contribution in [2.75, 3.05) is 0 Å². The van der Waals surface area contributed by atoms with Gasteiger partial charge >= 0.3 is 0 Å². The molecule has 0 aliphatic heterocycles. The fourth-order valence-electron chi connectivity index (χ4n) is 1.43. The van der Waals surface area contributed by atoms with E-state index in [1.165, 1.54) is 17.4 Å². The van der Waals surface area contributed by atoms with Crippen LogP contribution in [0.15, 0.2) is 26.9 Å². The molecule has 0 radical (unpaired) electrons. The second-order valence-corrected chi connectivity index (χ2v) is 6.36. The zero-order chi connectivity index (χ0) is 13.2. The first-order valence-corrected chi connectivity index (χ1v) is 7.48. The van der Waals surface area contributed by atoms with Crippen molar-refractivity contribution < 1.29 is 18.0 Å². The molecule has 0 fully saturated rings. The van der Waals surface area contributed by atoms with Crippen LogP contribution in [0.25, 0.3) is 0 Å². The lowest BCUT2D eigenvalue weighted by atomic mass is 10.4. The molecular formula is C10H12N2O4S2. The second-order valence-electron chi connectivity index (χ2n) is 3.62. The highest BCUT2D eigenvalue weighted by Gasteiger charge is 2.19. The molecule has 0 atom stereocenters. The standard InChI is InChI=1S/C10H12N2O4S2/c1-7-4-8(12-16-7)5-11-18(14,15)10-2-3-17-9(10)6-13/h2-4,11,13H,5-6H2,1H3. The summed E-state index contributed by atoms with van der Waals surface area (Å²) in [6, 6.07) is 3.12. The average molecular weight is 288 g/mol. The maximum Gasteiger partial charge on any atom is 0.242 e. The van der Waals surface area contributed by atoms with E-state index in [0.29, 0.717) is 16.3 Å². The van der Waals surface area contributed by atoms with E-state index in [1.54, 1.807) is 18.4 Å². The zero-order valence-electron chi connectivity index (χ0n) is 9.58. The Hall–Kier alpha value is -1.22. The van der Waals surface area contributed by atoms with Gasteiger partial charge in [0, 0.05) is 10.9 Å². The summed E-state index contributed by atoms with van der Waals surface area (Å²) >= 11 is 1.20. The number of sulfonamides is 1. The number of rotatable bonds is 5. The van der Waals surface area contributed by atoms with E-state index in [9.17, 15) is 8.42 Å². The van der Waals surface area contributed by atoms with Gasteiger partial charge in [-0.3, -0.25) is 0 Å². The number of hydrogen-bond acceptors (Lipinski definition) is 6. The fourth-order valence-corrected chi connectivity index (χ4v) is 3.72. The van der Waals surface area contributed by atoms with E-state index in [2.05, 4.69) is 9.88 Å². The van der Waals surface area contributed by atoms with Crippen molar-refractivity contribution in [3.63, 3.8) is 0 Å². The van der Waals surface area contributed by atoms with Gasteiger partial charge in [-0.25, -0.2) is 13.1 Å². The first kappa shape index (κ1) is 13.2. The normalized spacial score (nSPS) is 11.9. The second kappa shape index (κ2) is 5.19. The number of aryl methyl sites for hydroxylation is 1. The Kier molecular flexibility index (Phi) is 3.81. The Balaban J connectivity index is 2.13. The summed E-state index contributed by atoms with van der Waals surface area (Å²) in [5.41, 5.74) is 0.511. The first-order valence-electron chi connectivity index (χ1n) is 5.12. The lowest BCUT2D eigenvalue weighted by Gasteiger charge is -2.04. The van der Waals surface area contributed by atoms with Crippen LogP contribution in [0.1, 0.15) is 16.3 Å². The van der Waals surface area contributed by atoms with Crippen molar-refractivity contribution >= 4 is 21.4 Å². The van der Waals surface area contributed by atoms with E-state index < -0.39 is 10.0 Å². The summed E-state index contributed by atoms with van der Waals surface area (Å²) < 4.78 is 31.2. The van der Waals surface area contributed by atoms with E-state index in [-0.39, 0.29) is 18.0 Å². The third-order valence-electron chi connectivity index (χ3n) is 2.26. The van der Waals surface area contributed by atoms with Crippen LogP contribution in [0.5, 0.6) is 0 Å². The van der Waals surface area contributed by atoms with Crippen LogP contribution >= 0.6 is 11.3 Å². The molecular weight excluding hydrogens is 276 g/mol. The molecule has 0 spiro atoms. The fraction of sp³-hybridized carbons (Fsp3) is 0.300. The molecule has 2 aromatic rings. The van der Waals surface area contributed by atoms with Crippen molar-refractivity contribution in [3.05, 3.63) is 33.8 Å². The van der Waals surface area contributed by atoms with Gasteiger partial charge in [-0.15, -0.1) is 11.3 Å². The highest BCUT2D eigenvalue weighted by molar-refractivity contribution is 7.89. The van der Waals surface area contributed by atoms with Crippen molar-refractivity contribution in [3.8, 4) is 0 Å². The molecule has 0 aliphatic carbocycles. The number of nitrogens with zero attached hydrogens (tertiary/aromatic N) is 1. The van der Waals surface area contributed by atoms with Crippen LogP contribution in [-0.4, -0.2) is 18.7 Å². The minimum atomic E-state index is -3.63. The van der Waals surface area contributed by atoms with E-state index in [4.69, 9.17) is 9.63 Å². The summed E-state index contributed by atoms with van der Waals surface area (Å²) in [6.45, 7) is 1.49. The lowest BCUT2D eigenvalue weighted by Crippen LogP contribution is -2.23. The number of aliphatic hydroxyl groups excluding tert-OH is 1. The van der Waals surface area contributed by atoms with Crippen molar-refractivity contribution in [2.24, 2.45) is 0 Å². The molecule has 2 N–H and O–H groups in total. The van der Waals surface area contributed by atoms with Gasteiger partial charge in [0.2, 0.25) is 10.0 Å². The number of thiophene rings is 1. The summed E-state index contributed by atoms with van der Waals surface area (Å²) in [5, 5.41) is 14.4. The van der Waals surface area contributed by atoms with Gasteiger partial charge in [0.15, 0.2) is 0 Å². The number of aliphatic hydroxyl groups is 1. The largest absolute Gasteiger partial charge is 0.391 e. The molecule has 0 aromatic carbocycles. The smallest absolute Gasteiger partial charge is 0.242 e. The third-order valence-corrected chi connectivity index (χ3v) is 4.78. The maximum atomic E-state index is 12.0. The van der Waals surface area contributed by atoms with Crippen LogP contribution in [0.3, 0.4) is 0 Å². The number of nitrogens with one attached hydrogen (secondary N) is 1. The lowest BCUT2D eigenvalue weighted by molar-refractivity contribution is 0.282. The first-order chi connectivity index (χ1) is 8.53. The molecule has 98 valence electrons. The summed E-state index contributed by atoms with van der Waals surface area (Å²) in [7, 11) is -3.63. The summed E-state index contributed by atoms with van der Waals surface area (Å²) in [6.07, 6.45) is 0. The number of aromatic nitrogens is 1. The molecule has 6 nitrogen and oxygen atoms in total. The molecule has 2 rings (SSSR count). The highest BCUT2D eigenvalue weighted by Crippen LogP contribution is 2.21. The van der Waals surface area contributed by atoms with Crippen LogP contribution in [-0.2, 0) is 23.2 Å². The van der Waals surface area contributed by atoms with Crippen LogP contribution in [0.4, 0.5) is 0 Å². The van der Waals surface area contributed by atoms with Gasteiger partial charge in [-0.1, -0.05) is 5.16 Å². The monoisotopic (exact) mass is 288 g/mol.